The molecule has 2 aromatic heterocycles. The molecule has 2 amide bonds. The molecule has 1 unspecified atom stereocenters. The van der Waals surface area contributed by atoms with E-state index in [0.717, 1.165) is 12.8 Å². The maximum atomic E-state index is 12.5. The number of anilines is 2. The summed E-state index contributed by atoms with van der Waals surface area (Å²) in [5, 5.41) is 15.3. The van der Waals surface area contributed by atoms with Gasteiger partial charge >= 0.3 is 0 Å². The lowest BCUT2D eigenvalue weighted by Crippen LogP contribution is -2.39. The number of amides is 2. The van der Waals surface area contributed by atoms with E-state index in [1.54, 1.807) is 27.3 Å². The molecule has 2 aromatic rings. The minimum atomic E-state index is -0.579. The lowest BCUT2D eigenvalue weighted by molar-refractivity contribution is -0.129. The third-order valence-corrected chi connectivity index (χ3v) is 4.82. The summed E-state index contributed by atoms with van der Waals surface area (Å²) in [6.07, 6.45) is 6.78. The highest BCUT2D eigenvalue weighted by molar-refractivity contribution is 5.93. The molecule has 0 bridgehead atoms. The summed E-state index contributed by atoms with van der Waals surface area (Å²) in [5.74, 6) is 0.286. The lowest BCUT2D eigenvalue weighted by atomic mass is 10.1. The zero-order valence-electron chi connectivity index (χ0n) is 17.8. The number of likely N-dealkylation sites (N-methyl/N-ethyl adjacent to an activating group) is 1. The van der Waals surface area contributed by atoms with Gasteiger partial charge in [0.2, 0.25) is 11.8 Å². The maximum Gasteiger partial charge on any atom is 0.244 e. The number of aromatic nitrogens is 3. The van der Waals surface area contributed by atoms with Crippen LogP contribution in [0.4, 0.5) is 11.5 Å². The van der Waals surface area contributed by atoms with Crippen LogP contribution in [-0.4, -0.2) is 65.5 Å². The minimum absolute atomic E-state index is 0.0405. The van der Waals surface area contributed by atoms with E-state index in [4.69, 9.17) is 4.74 Å². The fourth-order valence-electron chi connectivity index (χ4n) is 2.91. The SMILES string of the molecule is COCCC(Nc1cc(-c2cnc(NC(=O)C3CC3)cn2)cnc1C#N)C(=O)N(C)C. The maximum absolute atomic E-state index is 12.5. The second-order valence-electron chi connectivity index (χ2n) is 7.49. The summed E-state index contributed by atoms with van der Waals surface area (Å²) in [6.45, 7) is 0.381. The molecule has 31 heavy (non-hydrogen) atoms. The largest absolute Gasteiger partial charge is 0.385 e. The monoisotopic (exact) mass is 423 g/mol. The number of ether oxygens (including phenoxy) is 1. The summed E-state index contributed by atoms with van der Waals surface area (Å²) >= 11 is 0. The molecule has 0 radical (unpaired) electrons. The first-order valence-corrected chi connectivity index (χ1v) is 9.93. The van der Waals surface area contributed by atoms with Gasteiger partial charge in [0.25, 0.3) is 0 Å². The topological polar surface area (TPSA) is 133 Å². The Hall–Kier alpha value is -3.58. The van der Waals surface area contributed by atoms with Crippen LogP contribution in [0.15, 0.2) is 24.7 Å². The molecule has 0 saturated heterocycles. The van der Waals surface area contributed by atoms with Crippen LogP contribution in [0.3, 0.4) is 0 Å². The molecule has 10 nitrogen and oxygen atoms in total. The van der Waals surface area contributed by atoms with Gasteiger partial charge in [0.1, 0.15) is 12.1 Å². The number of nitrogens with zero attached hydrogens (tertiary/aromatic N) is 5. The fraction of sp³-hybridized carbons (Fsp3) is 0.429. The third kappa shape index (κ3) is 5.73. The van der Waals surface area contributed by atoms with Crippen molar-refractivity contribution in [2.24, 2.45) is 5.92 Å². The molecular formula is C21H25N7O3. The minimum Gasteiger partial charge on any atom is -0.385 e. The number of nitriles is 1. The highest BCUT2D eigenvalue weighted by atomic mass is 16.5. The van der Waals surface area contributed by atoms with Crippen molar-refractivity contribution >= 4 is 23.3 Å². The first-order chi connectivity index (χ1) is 14.9. The molecule has 0 aromatic carbocycles. The van der Waals surface area contributed by atoms with Crippen molar-refractivity contribution in [3.05, 3.63) is 30.4 Å². The predicted octanol–water partition coefficient (Wildman–Crippen LogP) is 1.66. The number of nitrogens with one attached hydrogen (secondary N) is 2. The fourth-order valence-corrected chi connectivity index (χ4v) is 2.91. The lowest BCUT2D eigenvalue weighted by Gasteiger charge is -2.23. The summed E-state index contributed by atoms with van der Waals surface area (Å²) in [4.78, 5) is 38.7. The molecule has 1 fully saturated rings. The van der Waals surface area contributed by atoms with Gasteiger partial charge in [-0.25, -0.2) is 9.97 Å². The van der Waals surface area contributed by atoms with E-state index in [2.05, 4.69) is 25.6 Å². The Kier molecular flexibility index (Phi) is 7.10. The van der Waals surface area contributed by atoms with E-state index in [0.29, 0.717) is 35.8 Å². The molecule has 1 aliphatic carbocycles. The van der Waals surface area contributed by atoms with Crippen molar-refractivity contribution < 1.29 is 14.3 Å². The Labute approximate surface area is 180 Å². The van der Waals surface area contributed by atoms with E-state index < -0.39 is 6.04 Å². The van der Waals surface area contributed by atoms with E-state index >= 15 is 0 Å². The summed E-state index contributed by atoms with van der Waals surface area (Å²) in [5.41, 5.74) is 1.73. The number of rotatable bonds is 9. The standard InChI is InChI=1S/C21H25N7O3/c1-28(2)21(30)15(6-7-31-3)26-16-8-14(10-23-17(16)9-22)18-11-25-19(12-24-18)27-20(29)13-4-5-13/h8,10-13,15,26H,4-7H2,1-3H3,(H,25,27,29). The van der Waals surface area contributed by atoms with Gasteiger partial charge in [-0.2, -0.15) is 5.26 Å². The van der Waals surface area contributed by atoms with Gasteiger partial charge in [-0.1, -0.05) is 0 Å². The Morgan fingerprint density at radius 3 is 2.61 bits per heavy atom. The second kappa shape index (κ2) is 9.95. The molecule has 3 rings (SSSR count). The highest BCUT2D eigenvalue weighted by Gasteiger charge is 2.29. The average Bonchev–Trinajstić information content (AvgIpc) is 3.62. The smallest absolute Gasteiger partial charge is 0.244 e. The van der Waals surface area contributed by atoms with Gasteiger partial charge < -0.3 is 20.3 Å². The van der Waals surface area contributed by atoms with Crippen LogP contribution in [0.5, 0.6) is 0 Å². The van der Waals surface area contributed by atoms with Crippen LogP contribution in [-0.2, 0) is 14.3 Å². The van der Waals surface area contributed by atoms with E-state index in [9.17, 15) is 14.9 Å². The first kappa shape index (κ1) is 22.1. The number of carbonyl (C=O) groups is 2. The molecule has 1 aliphatic rings. The highest BCUT2D eigenvalue weighted by Crippen LogP contribution is 2.30. The summed E-state index contributed by atoms with van der Waals surface area (Å²) < 4.78 is 5.11. The normalized spacial score (nSPS) is 13.7. The molecule has 0 aliphatic heterocycles. The van der Waals surface area contributed by atoms with Gasteiger partial charge in [-0.05, 0) is 25.3 Å². The van der Waals surface area contributed by atoms with Gasteiger partial charge in [0.05, 0.1) is 23.8 Å². The molecule has 1 saturated carbocycles. The summed E-state index contributed by atoms with van der Waals surface area (Å²) in [7, 11) is 4.90. The third-order valence-electron chi connectivity index (χ3n) is 4.82. The van der Waals surface area contributed by atoms with Crippen LogP contribution in [0.1, 0.15) is 25.0 Å². The van der Waals surface area contributed by atoms with E-state index in [-0.39, 0.29) is 23.4 Å². The van der Waals surface area contributed by atoms with Crippen LogP contribution < -0.4 is 10.6 Å². The number of hydrogen-bond donors (Lipinski definition) is 2. The van der Waals surface area contributed by atoms with Crippen LogP contribution in [0.25, 0.3) is 11.3 Å². The van der Waals surface area contributed by atoms with E-state index in [1.165, 1.54) is 23.5 Å². The average molecular weight is 423 g/mol. The van der Waals surface area contributed by atoms with Gasteiger partial charge in [0, 0.05) is 45.5 Å². The molecule has 1 atom stereocenters. The van der Waals surface area contributed by atoms with Crippen LogP contribution >= 0.6 is 0 Å². The molecular weight excluding hydrogens is 398 g/mol. The van der Waals surface area contributed by atoms with E-state index in [1.807, 2.05) is 6.07 Å². The molecule has 0 spiro atoms. The van der Waals surface area contributed by atoms with Crippen molar-refractivity contribution in [2.75, 3.05) is 38.4 Å². The van der Waals surface area contributed by atoms with Gasteiger partial charge in [0.15, 0.2) is 11.5 Å². The van der Waals surface area contributed by atoms with Crippen molar-refractivity contribution in [3.8, 4) is 17.3 Å². The van der Waals surface area contributed by atoms with Crippen molar-refractivity contribution in [3.63, 3.8) is 0 Å². The molecule has 162 valence electrons. The predicted molar refractivity (Wildman–Crippen MR) is 114 cm³/mol. The zero-order chi connectivity index (χ0) is 22.4. The van der Waals surface area contributed by atoms with Crippen molar-refractivity contribution in [2.45, 2.75) is 25.3 Å². The number of hydrogen-bond acceptors (Lipinski definition) is 8. The Balaban J connectivity index is 1.81. The Morgan fingerprint density at radius 1 is 1.26 bits per heavy atom. The first-order valence-electron chi connectivity index (χ1n) is 9.93. The quantitative estimate of drug-likeness (QED) is 0.622. The Bertz CT molecular complexity index is 981. The number of methoxy groups -OCH3 is 1. The number of pyridine rings is 1. The molecule has 2 heterocycles. The van der Waals surface area contributed by atoms with Crippen molar-refractivity contribution in [1.82, 2.24) is 19.9 Å². The Morgan fingerprint density at radius 2 is 2.03 bits per heavy atom. The van der Waals surface area contributed by atoms with Crippen LogP contribution in [0, 0.1) is 17.2 Å². The summed E-state index contributed by atoms with van der Waals surface area (Å²) in [6, 6.07) is 3.17. The van der Waals surface area contributed by atoms with Gasteiger partial charge in [-0.15, -0.1) is 0 Å². The molecule has 10 heteroatoms. The van der Waals surface area contributed by atoms with Gasteiger partial charge in [-0.3, -0.25) is 14.6 Å². The zero-order valence-corrected chi connectivity index (χ0v) is 17.8. The number of carbonyl (C=O) groups excluding carboxylic acids is 2. The van der Waals surface area contributed by atoms with Crippen molar-refractivity contribution in [1.29, 1.82) is 5.26 Å². The molecule has 2 N–H and O–H groups in total. The second-order valence-corrected chi connectivity index (χ2v) is 7.49. The van der Waals surface area contributed by atoms with Crippen LogP contribution in [0.2, 0.25) is 0 Å².